The van der Waals surface area contributed by atoms with E-state index in [1.54, 1.807) is 0 Å². The smallest absolute Gasteiger partial charge is 0.162 e. The molecule has 0 N–H and O–H groups in total. The number of alkyl halides is 1. The molecule has 0 spiro atoms. The Morgan fingerprint density at radius 1 is 1.06 bits per heavy atom. The van der Waals surface area contributed by atoms with Crippen molar-refractivity contribution < 1.29 is 13.5 Å². The molecule has 2 aromatic rings. The molecule has 4 heteroatoms. The minimum Gasteiger partial charge on any atom is -0.457 e. The highest BCUT2D eigenvalue weighted by atomic mass is 79.9. The zero-order chi connectivity index (χ0) is 13.1. The van der Waals surface area contributed by atoms with Crippen LogP contribution in [0.3, 0.4) is 0 Å². The maximum absolute atomic E-state index is 13.1. The van der Waals surface area contributed by atoms with Crippen molar-refractivity contribution in [2.45, 2.75) is 12.3 Å². The molecule has 18 heavy (non-hydrogen) atoms. The summed E-state index contributed by atoms with van der Waals surface area (Å²) in [6, 6.07) is 9.18. The Morgan fingerprint density at radius 3 is 2.50 bits per heavy atom. The molecule has 0 heterocycles. The van der Waals surface area contributed by atoms with Gasteiger partial charge in [0.05, 0.1) is 0 Å². The Morgan fingerprint density at radius 2 is 1.83 bits per heavy atom. The number of ether oxygens (including phenoxy) is 1. The first-order valence-corrected chi connectivity index (χ1v) is 6.50. The first kappa shape index (κ1) is 13.0. The average Bonchev–Trinajstić information content (AvgIpc) is 2.36. The van der Waals surface area contributed by atoms with Crippen LogP contribution in [-0.4, -0.2) is 0 Å². The first-order valence-electron chi connectivity index (χ1n) is 5.38. The van der Waals surface area contributed by atoms with Gasteiger partial charge < -0.3 is 4.74 Å². The van der Waals surface area contributed by atoms with Gasteiger partial charge in [-0.1, -0.05) is 33.6 Å². The second-order valence-corrected chi connectivity index (χ2v) is 4.48. The Balaban J connectivity index is 2.30. The van der Waals surface area contributed by atoms with Crippen LogP contribution in [0.1, 0.15) is 11.1 Å². The zero-order valence-corrected chi connectivity index (χ0v) is 11.3. The molecule has 0 atom stereocenters. The van der Waals surface area contributed by atoms with Gasteiger partial charge >= 0.3 is 0 Å². The van der Waals surface area contributed by atoms with E-state index in [1.807, 2.05) is 25.1 Å². The molecule has 0 aliphatic heterocycles. The topological polar surface area (TPSA) is 9.23 Å². The summed E-state index contributed by atoms with van der Waals surface area (Å²) in [6.45, 7) is 1.98. The van der Waals surface area contributed by atoms with Gasteiger partial charge in [0.2, 0.25) is 0 Å². The summed E-state index contributed by atoms with van der Waals surface area (Å²) in [5.74, 6) is -0.893. The molecule has 0 amide bonds. The second-order valence-electron chi connectivity index (χ2n) is 3.92. The van der Waals surface area contributed by atoms with E-state index in [2.05, 4.69) is 15.9 Å². The van der Waals surface area contributed by atoms with Gasteiger partial charge in [-0.05, 0) is 25.1 Å². The van der Waals surface area contributed by atoms with Crippen molar-refractivity contribution in [1.29, 1.82) is 0 Å². The predicted octanol–water partition coefficient (Wildman–Crippen LogP) is 4.96. The van der Waals surface area contributed by atoms with Crippen LogP contribution < -0.4 is 4.74 Å². The zero-order valence-electron chi connectivity index (χ0n) is 9.71. The SMILES string of the molecule is Cc1ccc(Oc2ccc(F)c(F)c2)c(CBr)c1. The van der Waals surface area contributed by atoms with Gasteiger partial charge in [-0.3, -0.25) is 0 Å². The summed E-state index contributed by atoms with van der Waals surface area (Å²) in [5, 5.41) is 0.633. The molecule has 0 radical (unpaired) electrons. The average molecular weight is 313 g/mol. The molecule has 0 saturated carbocycles. The molecule has 1 nitrogen and oxygen atoms in total. The summed E-state index contributed by atoms with van der Waals surface area (Å²) in [7, 11) is 0. The molecule has 0 aliphatic rings. The van der Waals surface area contributed by atoms with Crippen molar-refractivity contribution in [3.8, 4) is 11.5 Å². The lowest BCUT2D eigenvalue weighted by molar-refractivity contribution is 0.459. The monoisotopic (exact) mass is 312 g/mol. The van der Waals surface area contributed by atoms with Gasteiger partial charge in [-0.25, -0.2) is 8.78 Å². The Bertz CT molecular complexity index is 570. The van der Waals surface area contributed by atoms with Gasteiger partial charge in [0.15, 0.2) is 11.6 Å². The lowest BCUT2D eigenvalue weighted by Gasteiger charge is -2.10. The van der Waals surface area contributed by atoms with Gasteiger partial charge in [0.1, 0.15) is 11.5 Å². The van der Waals surface area contributed by atoms with Crippen molar-refractivity contribution >= 4 is 15.9 Å². The van der Waals surface area contributed by atoms with E-state index in [-0.39, 0.29) is 5.75 Å². The fourth-order valence-corrected chi connectivity index (χ4v) is 2.02. The van der Waals surface area contributed by atoms with Crippen molar-refractivity contribution in [2.24, 2.45) is 0 Å². The summed E-state index contributed by atoms with van der Waals surface area (Å²) >= 11 is 3.37. The summed E-state index contributed by atoms with van der Waals surface area (Å²) in [6.07, 6.45) is 0. The number of rotatable bonds is 3. The minimum atomic E-state index is -0.917. The second kappa shape index (κ2) is 5.48. The van der Waals surface area contributed by atoms with Crippen LogP contribution in [0.5, 0.6) is 11.5 Å². The Hall–Kier alpha value is -1.42. The van der Waals surface area contributed by atoms with Crippen LogP contribution in [-0.2, 0) is 5.33 Å². The fraction of sp³-hybridized carbons (Fsp3) is 0.143. The van der Waals surface area contributed by atoms with E-state index in [0.29, 0.717) is 11.1 Å². The van der Waals surface area contributed by atoms with E-state index in [1.165, 1.54) is 6.07 Å². The predicted molar refractivity (Wildman–Crippen MR) is 70.2 cm³/mol. The van der Waals surface area contributed by atoms with E-state index in [0.717, 1.165) is 23.3 Å². The Kier molecular flexibility index (Phi) is 3.97. The van der Waals surface area contributed by atoms with Gasteiger partial charge in [-0.15, -0.1) is 0 Å². The standard InChI is InChI=1S/C14H11BrF2O/c1-9-2-5-14(10(6-9)8-15)18-11-3-4-12(16)13(17)7-11/h2-7H,8H2,1H3. The lowest BCUT2D eigenvalue weighted by atomic mass is 10.1. The highest BCUT2D eigenvalue weighted by molar-refractivity contribution is 9.08. The largest absolute Gasteiger partial charge is 0.457 e. The number of aryl methyl sites for hydroxylation is 1. The maximum Gasteiger partial charge on any atom is 0.162 e. The van der Waals surface area contributed by atoms with Crippen LogP contribution in [0.2, 0.25) is 0 Å². The van der Waals surface area contributed by atoms with E-state index >= 15 is 0 Å². The molecule has 0 aromatic heterocycles. The molecular formula is C14H11BrF2O. The normalized spacial score (nSPS) is 10.4. The third-order valence-electron chi connectivity index (χ3n) is 2.48. The van der Waals surface area contributed by atoms with Crippen molar-refractivity contribution in [3.05, 3.63) is 59.2 Å². The molecule has 2 aromatic carbocycles. The number of halogens is 3. The quantitative estimate of drug-likeness (QED) is 0.728. The van der Waals surface area contributed by atoms with E-state index in [4.69, 9.17) is 4.74 Å². The van der Waals surface area contributed by atoms with Gasteiger partial charge in [-0.2, -0.15) is 0 Å². The third-order valence-corrected chi connectivity index (χ3v) is 3.08. The molecule has 94 valence electrons. The van der Waals surface area contributed by atoms with E-state index < -0.39 is 11.6 Å². The molecule has 0 saturated heterocycles. The van der Waals surface area contributed by atoms with Crippen LogP contribution in [0.4, 0.5) is 8.78 Å². The van der Waals surface area contributed by atoms with Crippen LogP contribution in [0.15, 0.2) is 36.4 Å². The summed E-state index contributed by atoms with van der Waals surface area (Å²) in [4.78, 5) is 0. The molecule has 0 unspecified atom stereocenters. The molecular weight excluding hydrogens is 302 g/mol. The number of hydrogen-bond acceptors (Lipinski definition) is 1. The minimum absolute atomic E-state index is 0.278. The highest BCUT2D eigenvalue weighted by Gasteiger charge is 2.07. The molecule has 0 fully saturated rings. The first-order chi connectivity index (χ1) is 8.60. The van der Waals surface area contributed by atoms with Gasteiger partial charge in [0, 0.05) is 17.0 Å². The molecule has 0 aliphatic carbocycles. The van der Waals surface area contributed by atoms with E-state index in [9.17, 15) is 8.78 Å². The van der Waals surface area contributed by atoms with Crippen LogP contribution in [0.25, 0.3) is 0 Å². The number of benzene rings is 2. The maximum atomic E-state index is 13.1. The van der Waals surface area contributed by atoms with Crippen LogP contribution in [0, 0.1) is 18.6 Å². The summed E-state index contributed by atoms with van der Waals surface area (Å²) < 4.78 is 31.4. The highest BCUT2D eigenvalue weighted by Crippen LogP contribution is 2.28. The van der Waals surface area contributed by atoms with Crippen LogP contribution >= 0.6 is 15.9 Å². The fourth-order valence-electron chi connectivity index (χ4n) is 1.58. The van der Waals surface area contributed by atoms with Crippen molar-refractivity contribution in [2.75, 3.05) is 0 Å². The number of hydrogen-bond donors (Lipinski definition) is 0. The Labute approximate surface area is 113 Å². The van der Waals surface area contributed by atoms with Crippen molar-refractivity contribution in [1.82, 2.24) is 0 Å². The lowest BCUT2D eigenvalue weighted by Crippen LogP contribution is -1.92. The molecule has 0 bridgehead atoms. The molecule has 2 rings (SSSR count). The van der Waals surface area contributed by atoms with Gasteiger partial charge in [0.25, 0.3) is 0 Å². The van der Waals surface area contributed by atoms with Crippen molar-refractivity contribution in [3.63, 3.8) is 0 Å². The summed E-state index contributed by atoms with van der Waals surface area (Å²) in [5.41, 5.74) is 2.07. The third kappa shape index (κ3) is 2.88.